The van der Waals surface area contributed by atoms with Crippen molar-refractivity contribution >= 4 is 11.1 Å². The highest BCUT2D eigenvalue weighted by atomic mass is 16.5. The molecule has 0 radical (unpaired) electrons. The summed E-state index contributed by atoms with van der Waals surface area (Å²) in [6.07, 6.45) is 4.70. The molecule has 0 aliphatic heterocycles. The monoisotopic (exact) mass is 304 g/mol. The Morgan fingerprint density at radius 2 is 1.77 bits per heavy atom. The SMILES string of the molecule is CCCOC=C(C)c1cccc(C(C)=COC(C)COC)c1. The van der Waals surface area contributed by atoms with Crippen LogP contribution in [0, 0.1) is 0 Å². The molecule has 0 amide bonds. The highest BCUT2D eigenvalue weighted by Crippen LogP contribution is 2.20. The summed E-state index contributed by atoms with van der Waals surface area (Å²) in [5.74, 6) is 0. The second-order valence-corrected chi connectivity index (χ2v) is 5.46. The molecule has 1 aromatic rings. The molecule has 1 atom stereocenters. The van der Waals surface area contributed by atoms with Gasteiger partial charge in [-0.25, -0.2) is 0 Å². The molecule has 0 saturated carbocycles. The molecular weight excluding hydrogens is 276 g/mol. The Kier molecular flexibility index (Phi) is 8.38. The molecule has 0 bridgehead atoms. The summed E-state index contributed by atoms with van der Waals surface area (Å²) < 4.78 is 16.2. The van der Waals surface area contributed by atoms with Gasteiger partial charge in [-0.2, -0.15) is 0 Å². The average Bonchev–Trinajstić information content (AvgIpc) is 2.53. The zero-order valence-corrected chi connectivity index (χ0v) is 14.4. The van der Waals surface area contributed by atoms with Crippen LogP contribution in [-0.2, 0) is 14.2 Å². The molecule has 122 valence electrons. The number of allylic oxidation sites excluding steroid dienone is 2. The number of rotatable bonds is 9. The summed E-state index contributed by atoms with van der Waals surface area (Å²) in [5, 5.41) is 0. The van der Waals surface area contributed by atoms with Crippen molar-refractivity contribution in [2.24, 2.45) is 0 Å². The van der Waals surface area contributed by atoms with Crippen molar-refractivity contribution < 1.29 is 14.2 Å². The van der Waals surface area contributed by atoms with Gasteiger partial charge in [0.15, 0.2) is 0 Å². The Bertz CT molecular complexity index is 503. The van der Waals surface area contributed by atoms with E-state index in [1.807, 2.05) is 20.1 Å². The first-order valence-corrected chi connectivity index (χ1v) is 7.78. The van der Waals surface area contributed by atoms with Crippen LogP contribution in [-0.4, -0.2) is 26.4 Å². The fraction of sp³-hybridized carbons (Fsp3) is 0.474. The van der Waals surface area contributed by atoms with Crippen LogP contribution in [0.25, 0.3) is 11.1 Å². The molecule has 0 fully saturated rings. The largest absolute Gasteiger partial charge is 0.501 e. The Morgan fingerprint density at radius 1 is 1.14 bits per heavy atom. The highest BCUT2D eigenvalue weighted by molar-refractivity contribution is 5.70. The molecule has 0 saturated heterocycles. The molecule has 0 spiro atoms. The van der Waals surface area contributed by atoms with Crippen molar-refractivity contribution in [3.05, 3.63) is 47.9 Å². The second kappa shape index (κ2) is 10.1. The van der Waals surface area contributed by atoms with Crippen molar-refractivity contribution in [2.45, 2.75) is 40.2 Å². The molecule has 0 aromatic heterocycles. The van der Waals surface area contributed by atoms with Gasteiger partial charge in [-0.05, 0) is 55.5 Å². The number of hydrogen-bond donors (Lipinski definition) is 0. The molecule has 0 aliphatic carbocycles. The molecular formula is C19H28O3. The summed E-state index contributed by atoms with van der Waals surface area (Å²) in [6.45, 7) is 9.53. The quantitative estimate of drug-likeness (QED) is 0.480. The van der Waals surface area contributed by atoms with Crippen LogP contribution < -0.4 is 0 Å². The molecule has 22 heavy (non-hydrogen) atoms. The fourth-order valence-electron chi connectivity index (χ4n) is 1.94. The van der Waals surface area contributed by atoms with Crippen LogP contribution in [0.15, 0.2) is 36.8 Å². The molecule has 0 N–H and O–H groups in total. The topological polar surface area (TPSA) is 27.7 Å². The number of methoxy groups -OCH3 is 1. The average molecular weight is 304 g/mol. The Balaban J connectivity index is 2.78. The second-order valence-electron chi connectivity index (χ2n) is 5.46. The summed E-state index contributed by atoms with van der Waals surface area (Å²) in [6, 6.07) is 8.38. The van der Waals surface area contributed by atoms with E-state index in [1.54, 1.807) is 13.4 Å². The van der Waals surface area contributed by atoms with Gasteiger partial charge in [0.2, 0.25) is 0 Å². The van der Waals surface area contributed by atoms with Crippen LogP contribution in [0.1, 0.15) is 45.2 Å². The zero-order valence-electron chi connectivity index (χ0n) is 14.4. The number of ether oxygens (including phenoxy) is 3. The molecule has 3 heteroatoms. The minimum absolute atomic E-state index is 0.0483. The van der Waals surface area contributed by atoms with E-state index in [0.29, 0.717) is 6.61 Å². The maximum absolute atomic E-state index is 5.65. The standard InChI is InChI=1S/C19H28O3/c1-6-10-21-12-15(2)18-8-7-9-19(11-18)16(3)13-22-17(4)14-20-5/h7-9,11-13,17H,6,10,14H2,1-5H3. The van der Waals surface area contributed by atoms with E-state index < -0.39 is 0 Å². The van der Waals surface area contributed by atoms with Crippen LogP contribution >= 0.6 is 0 Å². The maximum Gasteiger partial charge on any atom is 0.118 e. The lowest BCUT2D eigenvalue weighted by Crippen LogP contribution is -2.11. The van der Waals surface area contributed by atoms with Gasteiger partial charge in [-0.1, -0.05) is 25.1 Å². The van der Waals surface area contributed by atoms with E-state index in [-0.39, 0.29) is 6.10 Å². The van der Waals surface area contributed by atoms with Gasteiger partial charge in [0.05, 0.1) is 25.7 Å². The van der Waals surface area contributed by atoms with E-state index >= 15 is 0 Å². The predicted octanol–water partition coefficient (Wildman–Crippen LogP) is 4.89. The lowest BCUT2D eigenvalue weighted by Gasteiger charge is -2.12. The third-order valence-electron chi connectivity index (χ3n) is 3.23. The summed E-state index contributed by atoms with van der Waals surface area (Å²) >= 11 is 0. The third-order valence-corrected chi connectivity index (χ3v) is 3.23. The fourth-order valence-corrected chi connectivity index (χ4v) is 1.94. The predicted molar refractivity (Wildman–Crippen MR) is 92.4 cm³/mol. The van der Waals surface area contributed by atoms with Gasteiger partial charge in [0.25, 0.3) is 0 Å². The van der Waals surface area contributed by atoms with E-state index in [1.165, 1.54) is 0 Å². The highest BCUT2D eigenvalue weighted by Gasteiger charge is 2.03. The van der Waals surface area contributed by atoms with E-state index in [2.05, 4.69) is 38.1 Å². The molecule has 1 rings (SSSR count). The van der Waals surface area contributed by atoms with Gasteiger partial charge in [0, 0.05) is 7.11 Å². The molecule has 3 nitrogen and oxygen atoms in total. The first kappa shape index (κ1) is 18.3. The molecule has 0 heterocycles. The summed E-state index contributed by atoms with van der Waals surface area (Å²) in [5.41, 5.74) is 4.51. The molecule has 1 aromatic carbocycles. The number of hydrogen-bond acceptors (Lipinski definition) is 3. The van der Waals surface area contributed by atoms with Crippen molar-refractivity contribution in [2.75, 3.05) is 20.3 Å². The van der Waals surface area contributed by atoms with Crippen LogP contribution in [0.4, 0.5) is 0 Å². The van der Waals surface area contributed by atoms with E-state index in [0.717, 1.165) is 35.3 Å². The Labute approximate surface area is 134 Å². The van der Waals surface area contributed by atoms with Crippen LogP contribution in [0.5, 0.6) is 0 Å². The lowest BCUT2D eigenvalue weighted by molar-refractivity contribution is 0.0638. The van der Waals surface area contributed by atoms with Crippen LogP contribution in [0.2, 0.25) is 0 Å². The normalized spacial score (nSPS) is 13.9. The first-order chi connectivity index (χ1) is 10.6. The van der Waals surface area contributed by atoms with Crippen molar-refractivity contribution in [3.63, 3.8) is 0 Å². The zero-order chi connectivity index (χ0) is 16.4. The maximum atomic E-state index is 5.65. The van der Waals surface area contributed by atoms with Gasteiger partial charge >= 0.3 is 0 Å². The molecule has 1 unspecified atom stereocenters. The van der Waals surface area contributed by atoms with Crippen LogP contribution in [0.3, 0.4) is 0 Å². The molecule has 0 aliphatic rings. The third kappa shape index (κ3) is 6.35. The van der Waals surface area contributed by atoms with Gasteiger partial charge in [-0.3, -0.25) is 0 Å². The van der Waals surface area contributed by atoms with Crippen molar-refractivity contribution in [1.82, 2.24) is 0 Å². The smallest absolute Gasteiger partial charge is 0.118 e. The number of benzene rings is 1. The van der Waals surface area contributed by atoms with E-state index in [4.69, 9.17) is 14.2 Å². The van der Waals surface area contributed by atoms with Crippen molar-refractivity contribution in [3.8, 4) is 0 Å². The van der Waals surface area contributed by atoms with Crippen molar-refractivity contribution in [1.29, 1.82) is 0 Å². The van der Waals surface area contributed by atoms with E-state index in [9.17, 15) is 0 Å². The minimum Gasteiger partial charge on any atom is -0.501 e. The summed E-state index contributed by atoms with van der Waals surface area (Å²) in [4.78, 5) is 0. The van der Waals surface area contributed by atoms with Gasteiger partial charge in [0.1, 0.15) is 6.10 Å². The van der Waals surface area contributed by atoms with Gasteiger partial charge in [-0.15, -0.1) is 0 Å². The Morgan fingerprint density at radius 3 is 2.36 bits per heavy atom. The minimum atomic E-state index is 0.0483. The first-order valence-electron chi connectivity index (χ1n) is 7.78. The Hall–Kier alpha value is -1.74. The lowest BCUT2D eigenvalue weighted by atomic mass is 10.0. The summed E-state index contributed by atoms with van der Waals surface area (Å²) in [7, 11) is 1.68. The van der Waals surface area contributed by atoms with Gasteiger partial charge < -0.3 is 14.2 Å².